The van der Waals surface area contributed by atoms with E-state index in [4.69, 9.17) is 9.47 Å². The number of phenols is 2. The molecule has 4 heteroatoms. The van der Waals surface area contributed by atoms with Crippen LogP contribution in [0.15, 0.2) is 12.1 Å². The van der Waals surface area contributed by atoms with Crippen molar-refractivity contribution in [2.24, 2.45) is 23.7 Å². The summed E-state index contributed by atoms with van der Waals surface area (Å²) in [6.07, 6.45) is 17.2. The van der Waals surface area contributed by atoms with Crippen LogP contribution < -0.4 is 9.47 Å². The molecule has 0 radical (unpaired) electrons. The second-order valence-corrected chi connectivity index (χ2v) is 17.6. The first-order valence-corrected chi connectivity index (χ1v) is 20.0. The Labute approximate surface area is 292 Å². The van der Waals surface area contributed by atoms with E-state index < -0.39 is 0 Å². The maximum atomic E-state index is 12.3. The minimum absolute atomic E-state index is 0.236. The highest BCUT2D eigenvalue weighted by atomic mass is 16.5. The Morgan fingerprint density at radius 3 is 1.38 bits per heavy atom. The smallest absolute Gasteiger partial charge is 0.127 e. The van der Waals surface area contributed by atoms with Crippen molar-refractivity contribution in [1.82, 2.24) is 0 Å². The molecule has 48 heavy (non-hydrogen) atoms. The summed E-state index contributed by atoms with van der Waals surface area (Å²) in [5.41, 5.74) is 6.29. The molecule has 6 atom stereocenters. The first-order chi connectivity index (χ1) is 22.9. The molecule has 0 aromatic heterocycles. The van der Waals surface area contributed by atoms with Gasteiger partial charge in [0.25, 0.3) is 0 Å². The van der Waals surface area contributed by atoms with Gasteiger partial charge < -0.3 is 19.7 Å². The van der Waals surface area contributed by atoms with Gasteiger partial charge in [0, 0.05) is 23.0 Å². The number of aromatic hydroxyl groups is 2. The largest absolute Gasteiger partial charge is 0.507 e. The predicted octanol–water partition coefficient (Wildman–Crippen LogP) is 11.7. The van der Waals surface area contributed by atoms with Gasteiger partial charge in [-0.2, -0.15) is 0 Å². The highest BCUT2D eigenvalue weighted by Gasteiger charge is 2.49. The van der Waals surface area contributed by atoms with Crippen molar-refractivity contribution in [3.63, 3.8) is 0 Å². The summed E-state index contributed by atoms with van der Waals surface area (Å²) < 4.78 is 13.6. The van der Waals surface area contributed by atoms with Crippen LogP contribution >= 0.6 is 0 Å². The summed E-state index contributed by atoms with van der Waals surface area (Å²) in [6.45, 7) is 18.3. The molecule has 2 aliphatic heterocycles. The molecule has 4 nitrogen and oxygen atoms in total. The maximum absolute atomic E-state index is 12.3. The Bertz CT molecular complexity index is 1340. The molecule has 0 spiro atoms. The van der Waals surface area contributed by atoms with Crippen LogP contribution in [0, 0.1) is 23.7 Å². The highest BCUT2D eigenvalue weighted by Crippen LogP contribution is 2.58. The molecule has 2 aromatic carbocycles. The van der Waals surface area contributed by atoms with Gasteiger partial charge in [0.05, 0.1) is 0 Å². The van der Waals surface area contributed by atoms with Crippen molar-refractivity contribution >= 4 is 0 Å². The van der Waals surface area contributed by atoms with Gasteiger partial charge in [0.2, 0.25) is 0 Å². The molecular weight excluding hydrogens is 592 g/mol. The third-order valence-electron chi connectivity index (χ3n) is 13.2. The van der Waals surface area contributed by atoms with Crippen molar-refractivity contribution in [2.45, 2.75) is 181 Å². The van der Waals surface area contributed by atoms with Crippen molar-refractivity contribution in [2.75, 3.05) is 0 Å². The molecule has 0 amide bonds. The fourth-order valence-corrected chi connectivity index (χ4v) is 10.6. The molecule has 0 unspecified atom stereocenters. The van der Waals surface area contributed by atoms with Crippen molar-refractivity contribution in [1.29, 1.82) is 0 Å². The number of aryl methyl sites for hydroxylation is 2. The summed E-state index contributed by atoms with van der Waals surface area (Å²) in [4.78, 5) is 0. The monoisotopic (exact) mass is 658 g/mol. The minimum atomic E-state index is -0.236. The summed E-state index contributed by atoms with van der Waals surface area (Å²) in [5.74, 6) is 5.56. The number of rotatable bonds is 11. The molecule has 2 aliphatic carbocycles. The lowest BCUT2D eigenvalue weighted by Crippen LogP contribution is -2.46. The Kier molecular flexibility index (Phi) is 10.4. The van der Waals surface area contributed by atoms with E-state index in [9.17, 15) is 10.2 Å². The van der Waals surface area contributed by atoms with Gasteiger partial charge in [0.15, 0.2) is 0 Å². The molecule has 2 N–H and O–H groups in total. The lowest BCUT2D eigenvalue weighted by molar-refractivity contribution is -0.0150. The second kappa shape index (κ2) is 14.1. The van der Waals surface area contributed by atoms with Crippen LogP contribution in [0.4, 0.5) is 0 Å². The number of unbranched alkanes of at least 4 members (excludes halogenated alkanes) is 4. The molecule has 4 aliphatic rings. The lowest BCUT2D eigenvalue weighted by Gasteiger charge is -2.49. The van der Waals surface area contributed by atoms with E-state index in [1.54, 1.807) is 0 Å². The summed E-state index contributed by atoms with van der Waals surface area (Å²) >= 11 is 0. The normalized spacial score (nSPS) is 28.3. The van der Waals surface area contributed by atoms with E-state index in [1.807, 2.05) is 0 Å². The topological polar surface area (TPSA) is 58.9 Å². The number of hydrogen-bond acceptors (Lipinski definition) is 4. The SMILES string of the molecule is CCCCCc1cc2c(c(O)c1CCc1c(CCCCC)cc3c(c1O)[C@@H]1C[C@@H](C)CC[C@H]1C(C)(C)O3)[C@@H]1C[C@@H](C)CC[C@H]1C(C)(C)O2. The zero-order valence-electron chi connectivity index (χ0n) is 31.6. The Morgan fingerprint density at radius 1 is 0.604 bits per heavy atom. The molecule has 0 saturated heterocycles. The Hall–Kier alpha value is -2.36. The second-order valence-electron chi connectivity index (χ2n) is 17.6. The van der Waals surface area contributed by atoms with Crippen LogP contribution in [0.2, 0.25) is 0 Å². The molecule has 266 valence electrons. The van der Waals surface area contributed by atoms with Gasteiger partial charge >= 0.3 is 0 Å². The first-order valence-electron chi connectivity index (χ1n) is 20.0. The molecule has 6 rings (SSSR count). The summed E-state index contributed by atoms with van der Waals surface area (Å²) in [6, 6.07) is 4.60. The fourth-order valence-electron chi connectivity index (χ4n) is 10.6. The Balaban J connectivity index is 1.42. The third kappa shape index (κ3) is 6.72. The van der Waals surface area contributed by atoms with Crippen LogP contribution in [0.3, 0.4) is 0 Å². The van der Waals surface area contributed by atoms with Crippen LogP contribution in [0.25, 0.3) is 0 Å². The van der Waals surface area contributed by atoms with Crippen LogP contribution in [0.5, 0.6) is 23.0 Å². The van der Waals surface area contributed by atoms with E-state index >= 15 is 0 Å². The van der Waals surface area contributed by atoms with Gasteiger partial charge in [0.1, 0.15) is 34.2 Å². The predicted molar refractivity (Wildman–Crippen MR) is 198 cm³/mol. The molecule has 0 bridgehead atoms. The van der Waals surface area contributed by atoms with Gasteiger partial charge in [-0.15, -0.1) is 0 Å². The number of phenolic OH excluding ortho intramolecular Hbond substituents is 2. The lowest BCUT2D eigenvalue weighted by atomic mass is 9.63. The quantitative estimate of drug-likeness (QED) is 0.236. The molecular formula is C44H66O4. The third-order valence-corrected chi connectivity index (χ3v) is 13.2. The Morgan fingerprint density at radius 2 is 1.00 bits per heavy atom. The minimum Gasteiger partial charge on any atom is -0.507 e. The molecule has 2 fully saturated rings. The van der Waals surface area contributed by atoms with Crippen LogP contribution in [0.1, 0.15) is 178 Å². The van der Waals surface area contributed by atoms with Gasteiger partial charge in [-0.3, -0.25) is 0 Å². The van der Waals surface area contributed by atoms with E-state index in [1.165, 1.54) is 49.7 Å². The average molecular weight is 659 g/mol. The first kappa shape index (κ1) is 35.5. The number of benzene rings is 2. The molecule has 2 heterocycles. The van der Waals surface area contributed by atoms with Gasteiger partial charge in [-0.05, 0) is 150 Å². The maximum Gasteiger partial charge on any atom is 0.127 e. The van der Waals surface area contributed by atoms with Gasteiger partial charge in [-0.25, -0.2) is 0 Å². The molecule has 2 saturated carbocycles. The zero-order chi connectivity index (χ0) is 34.4. The van der Waals surface area contributed by atoms with Crippen LogP contribution in [-0.4, -0.2) is 21.4 Å². The number of hydrogen-bond donors (Lipinski definition) is 2. The highest BCUT2D eigenvalue weighted by molar-refractivity contribution is 5.60. The van der Waals surface area contributed by atoms with E-state index in [0.717, 1.165) is 98.0 Å². The molecule has 2 aromatic rings. The summed E-state index contributed by atoms with van der Waals surface area (Å²) in [5, 5.41) is 24.7. The van der Waals surface area contributed by atoms with Gasteiger partial charge in [-0.1, -0.05) is 66.2 Å². The fraction of sp³-hybridized carbons (Fsp3) is 0.727. The standard InChI is InChI=1S/C44H66O4/c1-9-11-13-15-29-25-37-39(33-23-27(3)17-21-35(33)43(5,6)47-37)41(45)31(29)19-20-32-30(16-14-12-10-2)26-38-40(42(32)46)34-24-28(4)18-22-36(34)44(7,8)48-38/h25-28,33-36,45-46H,9-24H2,1-8H3/t27-,28-,33+,34+,35+,36+/m0/s1. The van der Waals surface area contributed by atoms with E-state index in [0.29, 0.717) is 47.0 Å². The zero-order valence-corrected chi connectivity index (χ0v) is 31.6. The number of fused-ring (bicyclic) bond motifs is 6. The van der Waals surface area contributed by atoms with E-state index in [2.05, 4.69) is 67.5 Å². The van der Waals surface area contributed by atoms with Crippen molar-refractivity contribution < 1.29 is 19.7 Å². The van der Waals surface area contributed by atoms with Crippen molar-refractivity contribution in [3.8, 4) is 23.0 Å². The van der Waals surface area contributed by atoms with Crippen molar-refractivity contribution in [3.05, 3.63) is 45.5 Å². The average Bonchev–Trinajstić information content (AvgIpc) is 3.01. The number of ether oxygens (including phenoxy) is 2. The van der Waals surface area contributed by atoms with E-state index in [-0.39, 0.29) is 11.2 Å². The summed E-state index contributed by atoms with van der Waals surface area (Å²) in [7, 11) is 0. The van der Waals surface area contributed by atoms with Crippen LogP contribution in [-0.2, 0) is 25.7 Å².